The van der Waals surface area contributed by atoms with Gasteiger partial charge in [-0.1, -0.05) is 12.8 Å². The van der Waals surface area contributed by atoms with E-state index >= 15 is 0 Å². The minimum absolute atomic E-state index is 0.202. The largest absolute Gasteiger partial charge is 0.352 e. The number of hydrogen-bond donors (Lipinski definition) is 2. The lowest BCUT2D eigenvalue weighted by molar-refractivity contribution is -0.123. The average Bonchev–Trinajstić information content (AvgIpc) is 2.67. The number of carbonyl (C=O) groups excluding carboxylic acids is 1. The maximum Gasteiger partial charge on any atom is 0.220 e. The van der Waals surface area contributed by atoms with Gasteiger partial charge in [-0.2, -0.15) is 0 Å². The summed E-state index contributed by atoms with van der Waals surface area (Å²) in [6.45, 7) is 2.08. The fraction of sp³-hybridized carbons (Fsp3) is 0.923. The SMILES string of the molecule is CN1CCC(NC(=O)CC2CCCCC2N)C1. The fourth-order valence-corrected chi connectivity index (χ4v) is 3.07. The van der Waals surface area contributed by atoms with Crippen LogP contribution in [0.5, 0.6) is 0 Å². The Balaban J connectivity index is 1.73. The highest BCUT2D eigenvalue weighted by Gasteiger charge is 2.26. The summed E-state index contributed by atoms with van der Waals surface area (Å²) < 4.78 is 0. The number of likely N-dealkylation sites (N-methyl/N-ethyl adjacent to an activating group) is 1. The second-order valence-electron chi connectivity index (χ2n) is 5.73. The molecule has 0 aromatic carbocycles. The highest BCUT2D eigenvalue weighted by Crippen LogP contribution is 2.25. The van der Waals surface area contributed by atoms with Crippen LogP contribution in [0.3, 0.4) is 0 Å². The van der Waals surface area contributed by atoms with E-state index in [4.69, 9.17) is 5.73 Å². The van der Waals surface area contributed by atoms with E-state index in [1.165, 1.54) is 12.8 Å². The summed E-state index contributed by atoms with van der Waals surface area (Å²) in [5.41, 5.74) is 6.07. The Kier molecular flexibility index (Phi) is 4.40. The van der Waals surface area contributed by atoms with Crippen molar-refractivity contribution in [3.63, 3.8) is 0 Å². The molecule has 98 valence electrons. The molecule has 2 fully saturated rings. The van der Waals surface area contributed by atoms with Crippen molar-refractivity contribution >= 4 is 5.91 Å². The first-order valence-corrected chi connectivity index (χ1v) is 6.88. The Morgan fingerprint density at radius 2 is 2.12 bits per heavy atom. The van der Waals surface area contributed by atoms with Gasteiger partial charge < -0.3 is 16.0 Å². The van der Waals surface area contributed by atoms with E-state index in [1.54, 1.807) is 0 Å². The maximum absolute atomic E-state index is 11.9. The molecule has 1 amide bonds. The van der Waals surface area contributed by atoms with Crippen molar-refractivity contribution in [1.29, 1.82) is 0 Å². The number of nitrogens with one attached hydrogen (secondary N) is 1. The Morgan fingerprint density at radius 3 is 2.76 bits per heavy atom. The first kappa shape index (κ1) is 12.8. The van der Waals surface area contributed by atoms with Gasteiger partial charge in [0, 0.05) is 25.0 Å². The van der Waals surface area contributed by atoms with Crippen molar-refractivity contribution in [2.45, 2.75) is 50.6 Å². The predicted octanol–water partition coefficient (Wildman–Crippen LogP) is 0.714. The number of hydrogen-bond acceptors (Lipinski definition) is 3. The normalized spacial score (nSPS) is 34.8. The summed E-state index contributed by atoms with van der Waals surface area (Å²) in [5, 5.41) is 3.14. The van der Waals surface area contributed by atoms with Gasteiger partial charge in [-0.05, 0) is 38.8 Å². The van der Waals surface area contributed by atoms with Crippen LogP contribution in [0.4, 0.5) is 0 Å². The van der Waals surface area contributed by atoms with Crippen molar-refractivity contribution < 1.29 is 4.79 Å². The standard InChI is InChI=1S/C13H25N3O/c1-16-7-6-11(9-16)15-13(17)8-10-4-2-3-5-12(10)14/h10-12H,2-9,14H2,1H3,(H,15,17). The zero-order valence-corrected chi connectivity index (χ0v) is 10.8. The number of carbonyl (C=O) groups is 1. The first-order valence-electron chi connectivity index (χ1n) is 6.88. The summed E-state index contributed by atoms with van der Waals surface area (Å²) in [5.74, 6) is 0.607. The minimum Gasteiger partial charge on any atom is -0.352 e. The first-order chi connectivity index (χ1) is 8.15. The van der Waals surface area contributed by atoms with E-state index in [9.17, 15) is 4.79 Å². The molecule has 0 aromatic heterocycles. The fourth-order valence-electron chi connectivity index (χ4n) is 3.07. The predicted molar refractivity (Wildman–Crippen MR) is 68.6 cm³/mol. The summed E-state index contributed by atoms with van der Waals surface area (Å²) in [4.78, 5) is 14.2. The number of amides is 1. The summed E-state index contributed by atoms with van der Waals surface area (Å²) in [6, 6.07) is 0.591. The molecule has 2 rings (SSSR count). The van der Waals surface area contributed by atoms with Crippen molar-refractivity contribution in [2.75, 3.05) is 20.1 Å². The monoisotopic (exact) mass is 239 g/mol. The molecule has 2 aliphatic rings. The van der Waals surface area contributed by atoms with E-state index in [-0.39, 0.29) is 11.9 Å². The minimum atomic E-state index is 0.202. The number of nitrogens with two attached hydrogens (primary N) is 1. The zero-order chi connectivity index (χ0) is 12.3. The Hall–Kier alpha value is -0.610. The van der Waals surface area contributed by atoms with Gasteiger partial charge in [-0.25, -0.2) is 0 Å². The second kappa shape index (κ2) is 5.83. The van der Waals surface area contributed by atoms with E-state index in [1.807, 2.05) is 0 Å². The van der Waals surface area contributed by atoms with Crippen LogP contribution in [0.1, 0.15) is 38.5 Å². The molecule has 0 spiro atoms. The molecular weight excluding hydrogens is 214 g/mol. The summed E-state index contributed by atoms with van der Waals surface area (Å²) in [6.07, 6.45) is 6.38. The van der Waals surface area contributed by atoms with Crippen molar-refractivity contribution in [2.24, 2.45) is 11.7 Å². The van der Waals surface area contributed by atoms with Gasteiger partial charge in [0.2, 0.25) is 5.91 Å². The van der Waals surface area contributed by atoms with Crippen molar-refractivity contribution in [1.82, 2.24) is 10.2 Å². The maximum atomic E-state index is 11.9. The highest BCUT2D eigenvalue weighted by atomic mass is 16.1. The van der Waals surface area contributed by atoms with Crippen LogP contribution in [0.15, 0.2) is 0 Å². The molecule has 3 atom stereocenters. The van der Waals surface area contributed by atoms with Gasteiger partial charge in [0.15, 0.2) is 0 Å². The molecule has 17 heavy (non-hydrogen) atoms. The molecule has 1 aliphatic heterocycles. The molecule has 3 unspecified atom stereocenters. The van der Waals surface area contributed by atoms with E-state index in [0.717, 1.165) is 32.4 Å². The lowest BCUT2D eigenvalue weighted by atomic mass is 9.83. The third-order valence-electron chi connectivity index (χ3n) is 4.17. The molecule has 4 heteroatoms. The molecule has 1 aliphatic carbocycles. The zero-order valence-electron chi connectivity index (χ0n) is 10.8. The molecular formula is C13H25N3O. The Morgan fingerprint density at radius 1 is 1.35 bits per heavy atom. The van der Waals surface area contributed by atoms with E-state index in [0.29, 0.717) is 18.4 Å². The van der Waals surface area contributed by atoms with Crippen LogP contribution < -0.4 is 11.1 Å². The van der Waals surface area contributed by atoms with Gasteiger partial charge in [-0.3, -0.25) is 4.79 Å². The average molecular weight is 239 g/mol. The number of rotatable bonds is 3. The quantitative estimate of drug-likeness (QED) is 0.763. The summed E-state index contributed by atoms with van der Waals surface area (Å²) in [7, 11) is 2.10. The third-order valence-corrected chi connectivity index (χ3v) is 4.17. The van der Waals surface area contributed by atoms with Crippen LogP contribution in [0.25, 0.3) is 0 Å². The van der Waals surface area contributed by atoms with Crippen molar-refractivity contribution in [3.8, 4) is 0 Å². The highest BCUT2D eigenvalue weighted by molar-refractivity contribution is 5.76. The van der Waals surface area contributed by atoms with E-state index < -0.39 is 0 Å². The number of likely N-dealkylation sites (tertiary alicyclic amines) is 1. The van der Waals surface area contributed by atoms with Crippen molar-refractivity contribution in [3.05, 3.63) is 0 Å². The lowest BCUT2D eigenvalue weighted by Crippen LogP contribution is -2.41. The van der Waals surface area contributed by atoms with E-state index in [2.05, 4.69) is 17.3 Å². The number of nitrogens with zero attached hydrogens (tertiary/aromatic N) is 1. The van der Waals surface area contributed by atoms with Gasteiger partial charge >= 0.3 is 0 Å². The van der Waals surface area contributed by atoms with Crippen LogP contribution in [-0.4, -0.2) is 43.0 Å². The van der Waals surface area contributed by atoms with Gasteiger partial charge in [-0.15, -0.1) is 0 Å². The van der Waals surface area contributed by atoms with Gasteiger partial charge in [0.05, 0.1) is 0 Å². The molecule has 1 heterocycles. The van der Waals surface area contributed by atoms with Crippen LogP contribution >= 0.6 is 0 Å². The molecule has 0 aromatic rings. The molecule has 1 saturated carbocycles. The summed E-state index contributed by atoms with van der Waals surface area (Å²) >= 11 is 0. The van der Waals surface area contributed by atoms with Crippen LogP contribution in [0, 0.1) is 5.92 Å². The Bertz CT molecular complexity index is 269. The van der Waals surface area contributed by atoms with Gasteiger partial charge in [0.25, 0.3) is 0 Å². The third kappa shape index (κ3) is 3.68. The molecule has 0 bridgehead atoms. The second-order valence-corrected chi connectivity index (χ2v) is 5.73. The molecule has 0 radical (unpaired) electrons. The van der Waals surface area contributed by atoms with Crippen LogP contribution in [-0.2, 0) is 4.79 Å². The Labute approximate surface area is 104 Å². The van der Waals surface area contributed by atoms with Crippen LogP contribution in [0.2, 0.25) is 0 Å². The molecule has 3 N–H and O–H groups in total. The van der Waals surface area contributed by atoms with Gasteiger partial charge in [0.1, 0.15) is 0 Å². The molecule has 1 saturated heterocycles. The smallest absolute Gasteiger partial charge is 0.220 e. The topological polar surface area (TPSA) is 58.4 Å². The molecule has 4 nitrogen and oxygen atoms in total. The lowest BCUT2D eigenvalue weighted by Gasteiger charge is -2.28.